The number of benzene rings is 1. The van der Waals surface area contributed by atoms with Crippen molar-refractivity contribution in [3.05, 3.63) is 29.8 Å². The van der Waals surface area contributed by atoms with Crippen LogP contribution in [0.4, 0.5) is 5.69 Å². The lowest BCUT2D eigenvalue weighted by molar-refractivity contribution is 0.0697. The molecule has 0 saturated heterocycles. The molecule has 0 aromatic heterocycles. The SMILES string of the molecule is Nc1ccc(C(=O)[OH2+])cc1. The van der Waals surface area contributed by atoms with Crippen LogP contribution in [-0.4, -0.2) is 11.1 Å². The third-order valence-electron chi connectivity index (χ3n) is 1.17. The third-order valence-corrected chi connectivity index (χ3v) is 1.17. The first-order valence-corrected chi connectivity index (χ1v) is 2.81. The number of anilines is 1. The van der Waals surface area contributed by atoms with Crippen LogP contribution in [0.3, 0.4) is 0 Å². The molecule has 4 N–H and O–H groups in total. The van der Waals surface area contributed by atoms with Crippen LogP contribution in [0.15, 0.2) is 24.3 Å². The van der Waals surface area contributed by atoms with Gasteiger partial charge >= 0.3 is 5.97 Å². The van der Waals surface area contributed by atoms with Gasteiger partial charge in [-0.1, -0.05) is 0 Å². The molecule has 3 nitrogen and oxygen atoms in total. The molecular formula is C7H8NO2+. The summed E-state index contributed by atoms with van der Waals surface area (Å²) in [6.45, 7) is 0. The van der Waals surface area contributed by atoms with Gasteiger partial charge in [-0.2, -0.15) is 0 Å². The summed E-state index contributed by atoms with van der Waals surface area (Å²) in [6, 6.07) is 6.26. The molecule has 0 atom stereocenters. The van der Waals surface area contributed by atoms with Gasteiger partial charge in [0.2, 0.25) is 0 Å². The van der Waals surface area contributed by atoms with Crippen LogP contribution in [0.1, 0.15) is 10.4 Å². The van der Waals surface area contributed by atoms with Crippen molar-refractivity contribution >= 4 is 11.7 Å². The summed E-state index contributed by atoms with van der Waals surface area (Å²) in [5.74, 6) is -0.681. The number of nitrogen functional groups attached to an aromatic ring is 1. The molecule has 0 aliphatic heterocycles. The van der Waals surface area contributed by atoms with E-state index in [-0.39, 0.29) is 0 Å². The van der Waals surface area contributed by atoms with Gasteiger partial charge in [0.05, 0.1) is 0 Å². The zero-order valence-corrected chi connectivity index (χ0v) is 5.29. The Morgan fingerprint density at radius 1 is 1.30 bits per heavy atom. The van der Waals surface area contributed by atoms with Crippen LogP contribution in [0.2, 0.25) is 0 Å². The highest BCUT2D eigenvalue weighted by Crippen LogP contribution is 2.04. The number of rotatable bonds is 1. The number of carbonyl (C=O) groups is 1. The van der Waals surface area contributed by atoms with Gasteiger partial charge in [0.1, 0.15) is 5.56 Å². The molecule has 0 bridgehead atoms. The van der Waals surface area contributed by atoms with Crippen molar-refractivity contribution in [2.75, 3.05) is 5.73 Å². The van der Waals surface area contributed by atoms with Crippen LogP contribution in [0, 0.1) is 0 Å². The topological polar surface area (TPSA) is 66.0 Å². The van der Waals surface area contributed by atoms with Crippen molar-refractivity contribution in [3.63, 3.8) is 0 Å². The zero-order valence-electron chi connectivity index (χ0n) is 5.29. The predicted octanol–water partition coefficient (Wildman–Crippen LogP) is 0.134. The summed E-state index contributed by atoms with van der Waals surface area (Å²) in [6.07, 6.45) is 0. The average molecular weight is 138 g/mol. The van der Waals surface area contributed by atoms with Crippen molar-refractivity contribution in [2.45, 2.75) is 0 Å². The second-order valence-corrected chi connectivity index (χ2v) is 1.95. The van der Waals surface area contributed by atoms with Gasteiger partial charge in [0.25, 0.3) is 0 Å². The van der Waals surface area contributed by atoms with E-state index >= 15 is 0 Å². The van der Waals surface area contributed by atoms with E-state index < -0.39 is 5.97 Å². The summed E-state index contributed by atoms with van der Waals surface area (Å²) in [4.78, 5) is 10.4. The van der Waals surface area contributed by atoms with Gasteiger partial charge in [0, 0.05) is 10.5 Å². The van der Waals surface area contributed by atoms with E-state index in [1.165, 1.54) is 12.1 Å². The Kier molecular flexibility index (Phi) is 1.58. The second kappa shape index (κ2) is 2.39. The molecule has 3 heteroatoms. The number of carbonyl (C=O) groups excluding carboxylic acids is 1. The summed E-state index contributed by atoms with van der Waals surface area (Å²) in [5, 5.41) is 6.71. The molecule has 0 amide bonds. The highest BCUT2D eigenvalue weighted by atomic mass is 16.4. The fraction of sp³-hybridized carbons (Fsp3) is 0. The Hall–Kier alpha value is -1.51. The fourth-order valence-electron chi connectivity index (χ4n) is 0.634. The molecule has 1 rings (SSSR count). The lowest BCUT2D eigenvalue weighted by Crippen LogP contribution is -1.95. The molecule has 0 fully saturated rings. The first-order chi connectivity index (χ1) is 4.70. The van der Waals surface area contributed by atoms with Crippen molar-refractivity contribution in [2.24, 2.45) is 0 Å². The van der Waals surface area contributed by atoms with Crippen LogP contribution in [0.25, 0.3) is 0 Å². The summed E-state index contributed by atoms with van der Waals surface area (Å²) < 4.78 is 0. The Morgan fingerprint density at radius 2 is 1.80 bits per heavy atom. The molecule has 0 unspecified atom stereocenters. The van der Waals surface area contributed by atoms with Gasteiger partial charge in [-0.15, -0.1) is 0 Å². The molecular weight excluding hydrogens is 130 g/mol. The smallest absolute Gasteiger partial charge is 0.549 e. The third kappa shape index (κ3) is 1.25. The van der Waals surface area contributed by atoms with E-state index in [2.05, 4.69) is 0 Å². The van der Waals surface area contributed by atoms with Gasteiger partial charge < -0.3 is 10.8 Å². The van der Waals surface area contributed by atoms with Crippen molar-refractivity contribution in [3.8, 4) is 0 Å². The maximum atomic E-state index is 10.4. The summed E-state index contributed by atoms with van der Waals surface area (Å²) >= 11 is 0. The monoisotopic (exact) mass is 138 g/mol. The number of nitrogens with two attached hydrogens (primary N) is 1. The minimum Gasteiger partial charge on any atom is -0.561 e. The number of hydrogen-bond acceptors (Lipinski definition) is 2. The highest BCUT2D eigenvalue weighted by molar-refractivity contribution is 5.87. The molecule has 0 saturated carbocycles. The fourth-order valence-corrected chi connectivity index (χ4v) is 0.634. The van der Waals surface area contributed by atoms with E-state index in [0.29, 0.717) is 11.3 Å². The van der Waals surface area contributed by atoms with Crippen LogP contribution < -0.4 is 5.73 Å². The van der Waals surface area contributed by atoms with Gasteiger partial charge in [0.15, 0.2) is 0 Å². The van der Waals surface area contributed by atoms with E-state index in [9.17, 15) is 4.79 Å². The molecule has 1 aromatic carbocycles. The number of hydrogen-bond donors (Lipinski definition) is 1. The standard InChI is InChI=1S/C7H7NO2/c8-6-3-1-5(2-4-6)7(9)10/h1-4H,8H2,(H,9,10)/p+1. The van der Waals surface area contributed by atoms with Gasteiger partial charge in [-0.3, -0.25) is 0 Å². The van der Waals surface area contributed by atoms with Crippen molar-refractivity contribution in [1.82, 2.24) is 0 Å². The lowest BCUT2D eigenvalue weighted by atomic mass is 10.2. The van der Waals surface area contributed by atoms with Crippen molar-refractivity contribution < 1.29 is 9.90 Å². The maximum absolute atomic E-state index is 10.4. The van der Waals surface area contributed by atoms with Gasteiger partial charge in [-0.05, 0) is 24.3 Å². The highest BCUT2D eigenvalue weighted by Gasteiger charge is 2.08. The van der Waals surface area contributed by atoms with E-state index in [0.717, 1.165) is 0 Å². The maximum Gasteiger partial charge on any atom is 0.549 e. The second-order valence-electron chi connectivity index (χ2n) is 1.95. The van der Waals surface area contributed by atoms with Crippen LogP contribution in [0.5, 0.6) is 0 Å². The van der Waals surface area contributed by atoms with E-state index in [1.807, 2.05) is 0 Å². The minimum atomic E-state index is -0.681. The Morgan fingerprint density at radius 3 is 2.20 bits per heavy atom. The molecule has 1 aromatic rings. The minimum absolute atomic E-state index is 0.370. The summed E-state index contributed by atoms with van der Waals surface area (Å²) in [7, 11) is 0. The molecule has 0 spiro atoms. The predicted molar refractivity (Wildman–Crippen MR) is 38.8 cm³/mol. The molecule has 10 heavy (non-hydrogen) atoms. The van der Waals surface area contributed by atoms with Crippen LogP contribution >= 0.6 is 0 Å². The Bertz CT molecular complexity index is 240. The molecule has 0 radical (unpaired) electrons. The van der Waals surface area contributed by atoms with E-state index in [1.54, 1.807) is 12.1 Å². The quantitative estimate of drug-likeness (QED) is 0.443. The Labute approximate surface area is 58.1 Å². The molecule has 0 heterocycles. The zero-order chi connectivity index (χ0) is 7.56. The summed E-state index contributed by atoms with van der Waals surface area (Å²) in [5.41, 5.74) is 6.33. The molecule has 52 valence electrons. The molecule has 0 aliphatic rings. The first-order valence-electron chi connectivity index (χ1n) is 2.81. The van der Waals surface area contributed by atoms with Crippen molar-refractivity contribution in [1.29, 1.82) is 0 Å². The lowest BCUT2D eigenvalue weighted by Gasteiger charge is -1.89. The van der Waals surface area contributed by atoms with Gasteiger partial charge in [-0.25, -0.2) is 0 Å². The first kappa shape index (κ1) is 6.61. The Balaban J connectivity index is 3.00. The largest absolute Gasteiger partial charge is 0.561 e. The average Bonchev–Trinajstić information content (AvgIpc) is 1.88. The van der Waals surface area contributed by atoms with E-state index in [4.69, 9.17) is 10.8 Å². The molecule has 0 aliphatic carbocycles. The normalized spacial score (nSPS) is 9.20. The van der Waals surface area contributed by atoms with Crippen LogP contribution in [-0.2, 0) is 0 Å².